The van der Waals surface area contributed by atoms with Crippen LogP contribution < -0.4 is 14.5 Å². The Hall–Kier alpha value is -3.08. The van der Waals surface area contributed by atoms with Gasteiger partial charge in [0, 0.05) is 31.1 Å². The lowest BCUT2D eigenvalue weighted by atomic mass is 9.76. The number of hydrogen-bond acceptors (Lipinski definition) is 4. The molecule has 2 aromatic carbocycles. The van der Waals surface area contributed by atoms with E-state index in [1.165, 1.54) is 10.5 Å². The molecule has 0 N–H and O–H groups in total. The second-order valence-electron chi connectivity index (χ2n) is 8.14. The molecule has 3 heterocycles. The predicted molar refractivity (Wildman–Crippen MR) is 108 cm³/mol. The summed E-state index contributed by atoms with van der Waals surface area (Å²) in [6.07, 6.45) is 4.59. The van der Waals surface area contributed by atoms with E-state index in [2.05, 4.69) is 43.0 Å². The molecule has 0 radical (unpaired) electrons. The van der Waals surface area contributed by atoms with Crippen LogP contribution in [0, 0.1) is 0 Å². The number of carbonyl (C=O) groups excluding carboxylic acids is 2. The SMILES string of the molecule is CN1c2ccccc2C(C)(C)C12C=Cc1c(cccc1N1C(=O)CCC1=O)O2. The van der Waals surface area contributed by atoms with Crippen LogP contribution in [-0.2, 0) is 15.0 Å². The fourth-order valence-corrected chi connectivity index (χ4v) is 4.83. The molecule has 5 rings (SSSR count). The van der Waals surface area contributed by atoms with Gasteiger partial charge in [-0.15, -0.1) is 0 Å². The molecule has 1 fully saturated rings. The van der Waals surface area contributed by atoms with Gasteiger partial charge in [0.25, 0.3) is 0 Å². The van der Waals surface area contributed by atoms with Gasteiger partial charge in [0.1, 0.15) is 5.75 Å². The first-order valence-electron chi connectivity index (χ1n) is 9.57. The molecule has 0 aliphatic carbocycles. The van der Waals surface area contributed by atoms with E-state index in [9.17, 15) is 9.59 Å². The number of nitrogens with zero attached hydrogens (tertiary/aromatic N) is 2. The average Bonchev–Trinajstić information content (AvgIpc) is 3.10. The first-order valence-corrected chi connectivity index (χ1v) is 9.57. The molecule has 5 nitrogen and oxygen atoms in total. The zero-order valence-electron chi connectivity index (χ0n) is 16.2. The first kappa shape index (κ1) is 17.0. The summed E-state index contributed by atoms with van der Waals surface area (Å²) in [6, 6.07) is 13.9. The van der Waals surface area contributed by atoms with Crippen molar-refractivity contribution in [3.8, 4) is 5.75 Å². The van der Waals surface area contributed by atoms with E-state index in [-0.39, 0.29) is 30.1 Å². The zero-order valence-corrected chi connectivity index (χ0v) is 16.2. The number of imide groups is 1. The minimum Gasteiger partial charge on any atom is -0.463 e. The third-order valence-electron chi connectivity index (χ3n) is 6.41. The highest BCUT2D eigenvalue weighted by molar-refractivity contribution is 6.20. The summed E-state index contributed by atoms with van der Waals surface area (Å²) in [7, 11) is 2.04. The predicted octanol–water partition coefficient (Wildman–Crippen LogP) is 3.87. The average molecular weight is 374 g/mol. The summed E-state index contributed by atoms with van der Waals surface area (Å²) in [6.45, 7) is 4.37. The van der Waals surface area contributed by atoms with Gasteiger partial charge in [0.15, 0.2) is 0 Å². The van der Waals surface area contributed by atoms with Gasteiger partial charge in [-0.05, 0) is 49.8 Å². The topological polar surface area (TPSA) is 49.9 Å². The monoisotopic (exact) mass is 374 g/mol. The number of benzene rings is 2. The molecular weight excluding hydrogens is 352 g/mol. The normalized spacial score (nSPS) is 24.5. The van der Waals surface area contributed by atoms with Crippen LogP contribution in [0.5, 0.6) is 5.75 Å². The van der Waals surface area contributed by atoms with E-state index in [1.54, 1.807) is 0 Å². The van der Waals surface area contributed by atoms with Crippen molar-refractivity contribution in [2.45, 2.75) is 37.8 Å². The van der Waals surface area contributed by atoms with Gasteiger partial charge in [0.2, 0.25) is 17.5 Å². The summed E-state index contributed by atoms with van der Waals surface area (Å²) in [5.41, 5.74) is 2.78. The second kappa shape index (κ2) is 5.47. The number of hydrogen-bond donors (Lipinski definition) is 0. The summed E-state index contributed by atoms with van der Waals surface area (Å²) in [5, 5.41) is 0. The van der Waals surface area contributed by atoms with Crippen molar-refractivity contribution in [1.29, 1.82) is 0 Å². The Morgan fingerprint density at radius 2 is 1.61 bits per heavy atom. The van der Waals surface area contributed by atoms with Crippen LogP contribution >= 0.6 is 0 Å². The molecule has 1 atom stereocenters. The molecule has 2 aromatic rings. The second-order valence-corrected chi connectivity index (χ2v) is 8.14. The Balaban J connectivity index is 1.63. The van der Waals surface area contributed by atoms with Crippen LogP contribution in [0.2, 0.25) is 0 Å². The lowest BCUT2D eigenvalue weighted by Crippen LogP contribution is -2.58. The van der Waals surface area contributed by atoms with Crippen molar-refractivity contribution in [2.24, 2.45) is 0 Å². The minimum atomic E-state index is -0.679. The van der Waals surface area contributed by atoms with E-state index in [4.69, 9.17) is 4.74 Å². The number of ether oxygens (including phenoxy) is 1. The largest absolute Gasteiger partial charge is 0.463 e. The lowest BCUT2D eigenvalue weighted by Gasteiger charge is -2.46. The van der Waals surface area contributed by atoms with Gasteiger partial charge >= 0.3 is 0 Å². The maximum atomic E-state index is 12.3. The van der Waals surface area contributed by atoms with Gasteiger partial charge in [-0.3, -0.25) is 9.59 Å². The highest BCUT2D eigenvalue weighted by Crippen LogP contribution is 2.54. The summed E-state index contributed by atoms with van der Waals surface area (Å²) in [4.78, 5) is 28.0. The fourth-order valence-electron chi connectivity index (χ4n) is 4.83. The maximum absolute atomic E-state index is 12.3. The Kier molecular flexibility index (Phi) is 3.33. The van der Waals surface area contributed by atoms with Crippen LogP contribution in [0.1, 0.15) is 37.8 Å². The molecule has 0 bridgehead atoms. The molecule has 2 amide bonds. The molecule has 5 heteroatoms. The quantitative estimate of drug-likeness (QED) is 0.711. The van der Waals surface area contributed by atoms with E-state index >= 15 is 0 Å². The molecule has 1 spiro atoms. The number of carbonyl (C=O) groups is 2. The molecule has 3 aliphatic heterocycles. The summed E-state index contributed by atoms with van der Waals surface area (Å²) in [5.74, 6) is 0.371. The smallest absolute Gasteiger partial charge is 0.234 e. The molecule has 28 heavy (non-hydrogen) atoms. The first-order chi connectivity index (χ1) is 13.4. The van der Waals surface area contributed by atoms with Crippen molar-refractivity contribution in [2.75, 3.05) is 16.8 Å². The molecule has 142 valence electrons. The number of para-hydroxylation sites is 1. The van der Waals surface area contributed by atoms with Crippen molar-refractivity contribution in [3.05, 3.63) is 59.7 Å². The fraction of sp³-hybridized carbons (Fsp3) is 0.304. The molecule has 3 aliphatic rings. The maximum Gasteiger partial charge on any atom is 0.234 e. The third-order valence-corrected chi connectivity index (χ3v) is 6.41. The van der Waals surface area contributed by atoms with Crippen LogP contribution in [0.4, 0.5) is 11.4 Å². The van der Waals surface area contributed by atoms with E-state index in [0.717, 1.165) is 11.3 Å². The number of rotatable bonds is 1. The Morgan fingerprint density at radius 1 is 0.929 bits per heavy atom. The standard InChI is InChI=1S/C23H22N2O3/c1-22(2)16-7-4-5-8-18(16)24(3)23(22)14-13-15-17(9-6-10-19(15)28-23)25-20(26)11-12-21(25)27/h4-10,13-14H,11-12H2,1-3H3. The van der Waals surface area contributed by atoms with Crippen LogP contribution in [0.25, 0.3) is 6.08 Å². The highest BCUT2D eigenvalue weighted by Gasteiger charge is 2.57. The van der Waals surface area contributed by atoms with Gasteiger partial charge in [-0.2, -0.15) is 0 Å². The third kappa shape index (κ3) is 1.96. The minimum absolute atomic E-state index is 0.155. The molecule has 0 saturated carbocycles. The molecular formula is C23H22N2O3. The zero-order chi connectivity index (χ0) is 19.7. The van der Waals surface area contributed by atoms with E-state index < -0.39 is 5.72 Å². The Bertz CT molecular complexity index is 1040. The molecule has 1 saturated heterocycles. The van der Waals surface area contributed by atoms with Gasteiger partial charge in [-0.25, -0.2) is 4.90 Å². The van der Waals surface area contributed by atoms with Gasteiger partial charge in [-0.1, -0.05) is 24.3 Å². The lowest BCUT2D eigenvalue weighted by molar-refractivity contribution is -0.121. The van der Waals surface area contributed by atoms with Crippen molar-refractivity contribution >= 4 is 29.3 Å². The van der Waals surface area contributed by atoms with E-state index in [1.807, 2.05) is 37.4 Å². The Morgan fingerprint density at radius 3 is 2.32 bits per heavy atom. The number of amides is 2. The van der Waals surface area contributed by atoms with Crippen molar-refractivity contribution in [1.82, 2.24) is 0 Å². The summed E-state index contributed by atoms with van der Waals surface area (Å²) < 4.78 is 6.65. The van der Waals surface area contributed by atoms with Crippen LogP contribution in [0.3, 0.4) is 0 Å². The molecule has 1 unspecified atom stereocenters. The number of likely N-dealkylation sites (N-methyl/N-ethyl adjacent to an activating group) is 1. The molecule has 0 aromatic heterocycles. The number of anilines is 2. The van der Waals surface area contributed by atoms with E-state index in [0.29, 0.717) is 11.4 Å². The highest BCUT2D eigenvalue weighted by atomic mass is 16.5. The van der Waals surface area contributed by atoms with Crippen molar-refractivity contribution in [3.63, 3.8) is 0 Å². The van der Waals surface area contributed by atoms with Crippen LogP contribution in [-0.4, -0.2) is 24.6 Å². The van der Waals surface area contributed by atoms with Gasteiger partial charge < -0.3 is 9.64 Å². The van der Waals surface area contributed by atoms with Crippen molar-refractivity contribution < 1.29 is 14.3 Å². The summed E-state index contributed by atoms with van der Waals surface area (Å²) >= 11 is 0. The van der Waals surface area contributed by atoms with Crippen LogP contribution in [0.15, 0.2) is 48.5 Å². The number of fused-ring (bicyclic) bond motifs is 2. The Labute approximate surface area is 164 Å². The van der Waals surface area contributed by atoms with Gasteiger partial charge in [0.05, 0.1) is 11.1 Å².